The van der Waals surface area contributed by atoms with Gasteiger partial charge >= 0.3 is 42.6 Å². The summed E-state index contributed by atoms with van der Waals surface area (Å²) in [5, 5.41) is 13.8. The second-order valence-corrected chi connectivity index (χ2v) is 27.2. The number of halogens is 18. The minimum Gasteiger partial charge on any atom is -0.478 e. The van der Waals surface area contributed by atoms with Crippen molar-refractivity contribution in [2.24, 2.45) is 0 Å². The Balaban J connectivity index is 0.000000293. The van der Waals surface area contributed by atoms with Gasteiger partial charge in [0.05, 0.1) is 77.7 Å². The molecule has 3 aliphatic heterocycles. The maximum atomic E-state index is 13.0. The van der Waals surface area contributed by atoms with E-state index in [-0.39, 0.29) is 37.7 Å². The number of aryl methyl sites for hydroxylation is 6. The number of hydrogen-bond acceptors (Lipinski definition) is 8. The molecule has 0 radical (unpaired) electrons. The number of amides is 1. The maximum Gasteiger partial charge on any atom is 0.416 e. The summed E-state index contributed by atoms with van der Waals surface area (Å²) < 4.78 is 216. The summed E-state index contributed by atoms with van der Waals surface area (Å²) >= 11 is 3.01. The lowest BCUT2D eigenvalue weighted by Crippen LogP contribution is -2.58. The van der Waals surface area contributed by atoms with Crippen molar-refractivity contribution < 1.29 is 104 Å². The first kappa shape index (κ1) is 97.0. The van der Waals surface area contributed by atoms with Gasteiger partial charge in [-0.25, -0.2) is 37.3 Å². The zero-order valence-corrected chi connectivity index (χ0v) is 66.3. The van der Waals surface area contributed by atoms with Crippen molar-refractivity contribution >= 4 is 70.8 Å². The van der Waals surface area contributed by atoms with Gasteiger partial charge in [-0.15, -0.1) is 18.8 Å². The van der Waals surface area contributed by atoms with E-state index in [4.69, 9.17) is 16.3 Å². The van der Waals surface area contributed by atoms with Crippen LogP contribution in [0.3, 0.4) is 0 Å². The monoisotopic (exact) mass is 1720 g/mol. The van der Waals surface area contributed by atoms with Crippen LogP contribution in [0.1, 0.15) is 83.3 Å². The van der Waals surface area contributed by atoms with Gasteiger partial charge in [0, 0.05) is 77.7 Å². The summed E-state index contributed by atoms with van der Waals surface area (Å²) in [5.41, 5.74) is 6.94. The molecule has 0 atom stereocenters. The third kappa shape index (κ3) is 33.6. The SMILES string of the molecule is C#CC(=O)OC(C)C.Cc1cc(-c2cccn2/C=C\C(=O)N2CC(F)(F)C2)cc(C(F)(F)F)c1.Cc1cc(-c2cccn2/C=C\C(=O)O)cc(C(F)(F)F)c1.Cc1cc(-c2cccn2/C=C\C(=O)OC(C)C)cc(C(F)(F)F)c1.Cc1cc(Br)cc(C(F)(F)F)c1.Cc1cc(C)cc(-c2ccc[nH]2)c1.Cl.FC1(F)CNC1.[C+]1=CC=CN1. The van der Waals surface area contributed by atoms with E-state index < -0.39 is 95.7 Å². The predicted molar refractivity (Wildman–Crippen MR) is 420 cm³/mol. The third-order valence-corrected chi connectivity index (χ3v) is 15.7. The fourth-order valence-corrected chi connectivity index (χ4v) is 11.0. The van der Waals surface area contributed by atoms with Gasteiger partial charge in [-0.1, -0.05) is 33.1 Å². The Kier molecular flexibility index (Phi) is 36.3. The summed E-state index contributed by atoms with van der Waals surface area (Å²) in [4.78, 5) is 48.3. The van der Waals surface area contributed by atoms with Crippen LogP contribution in [0.4, 0.5) is 70.2 Å². The first-order valence-corrected chi connectivity index (χ1v) is 35.4. The van der Waals surface area contributed by atoms with E-state index in [1.165, 1.54) is 56.2 Å². The van der Waals surface area contributed by atoms with Gasteiger partial charge in [-0.2, -0.15) is 52.7 Å². The molecule has 0 spiro atoms. The molecule has 4 N–H and O–H groups in total. The molecular weight excluding hydrogens is 1640 g/mol. The summed E-state index contributed by atoms with van der Waals surface area (Å²) in [5.74, 6) is -6.21. The predicted octanol–water partition coefficient (Wildman–Crippen LogP) is 22.1. The Morgan fingerprint density at radius 2 is 0.905 bits per heavy atom. The van der Waals surface area contributed by atoms with E-state index in [1.807, 2.05) is 36.5 Å². The molecule has 0 saturated carbocycles. The van der Waals surface area contributed by atoms with E-state index in [2.05, 4.69) is 80.6 Å². The van der Waals surface area contributed by atoms with Crippen LogP contribution in [0.25, 0.3) is 63.6 Å². The van der Waals surface area contributed by atoms with Crippen LogP contribution >= 0.6 is 28.3 Å². The zero-order valence-electron chi connectivity index (χ0n) is 63.9. The molecule has 14 nitrogen and oxygen atoms in total. The van der Waals surface area contributed by atoms with Crippen molar-refractivity contribution in [3.8, 4) is 57.4 Å². The molecule has 9 aromatic rings. The number of aromatic amines is 1. The van der Waals surface area contributed by atoms with Gasteiger partial charge < -0.3 is 43.5 Å². The van der Waals surface area contributed by atoms with E-state index in [1.54, 1.807) is 139 Å². The molecule has 116 heavy (non-hydrogen) atoms. The molecule has 0 unspecified atom stereocenters. The first-order chi connectivity index (χ1) is 53.5. The highest BCUT2D eigenvalue weighted by atomic mass is 79.9. The number of aliphatic carboxylic acids is 1. The van der Waals surface area contributed by atoms with Gasteiger partial charge in [0.15, 0.2) is 6.20 Å². The molecule has 0 bridgehead atoms. The van der Waals surface area contributed by atoms with Crippen LogP contribution in [0.15, 0.2) is 205 Å². The number of aromatic nitrogens is 4. The number of likely N-dealkylation sites (tertiary alicyclic amines) is 1. The Bertz CT molecular complexity index is 4880. The number of H-pyrrole nitrogens is 1. The number of carboxylic acids is 1. The maximum absolute atomic E-state index is 13.0. The summed E-state index contributed by atoms with van der Waals surface area (Å²) in [6.45, 7) is 16.1. The molecule has 2 fully saturated rings. The summed E-state index contributed by atoms with van der Waals surface area (Å²) in [6.07, 6.45) is 9.20. The second-order valence-electron chi connectivity index (χ2n) is 26.3. The van der Waals surface area contributed by atoms with Crippen molar-refractivity contribution in [3.05, 3.63) is 267 Å². The number of carbonyl (C=O) groups excluding carboxylic acids is 3. The quantitative estimate of drug-likeness (QED) is 0.0233. The average Bonchev–Trinajstić information content (AvgIpc) is 1.78. The average molecular weight is 1720 g/mol. The lowest BCUT2D eigenvalue weighted by Gasteiger charge is -2.37. The second kappa shape index (κ2) is 43.4. The molecule has 2 saturated heterocycles. The molecule has 3 aliphatic rings. The van der Waals surface area contributed by atoms with Gasteiger partial charge in [-0.3, -0.25) is 4.79 Å². The molecule has 620 valence electrons. The highest BCUT2D eigenvalue weighted by molar-refractivity contribution is 9.10. The number of carbonyl (C=O) groups is 4. The standard InChI is InChI=1S/C18H15F5N2O.C18H18F3NO2.C15H12F3NO2.C12H13N.C8H6BrF3.C6H8O2.C4H4N.C3H5F2N.ClH/c1-12-7-13(9-14(8-12)18(21,22)23)15-3-2-5-24(15)6-4-16(26)25-10-17(19,20)11-25;1-12(2)24-17(23)6-8-22-7-4-5-16(22)14-9-13(3)10-15(11-14)18(19,20)21;1-10-7-11(9-12(8-10)15(16,17)18)13-3-2-5-19(13)6-4-14(20)21;1-9-6-10(2)8-11(7-9)12-4-3-5-13-12;1-5-2-6(8(10,11)12)4-7(9)3-5;1-4-6(7)8-5(2)3;1-2-4-5-3-1;4-3(5)1-6-2-3;/h2-9H,10-11H2,1H3;4-12H,1-3H3;2-9H,1H3,(H,20,21);3-8,13H,1-2H3;2-4H,1H3;1,5H,2-3H3;1-3,5H;6H,1-2H2;1H/q;;;;;;+1;;/b6-4-;8-6-;6-4-;;;;;;. The van der Waals surface area contributed by atoms with Crippen LogP contribution in [-0.2, 0) is 53.4 Å². The first-order valence-electron chi connectivity index (χ1n) is 34.6. The van der Waals surface area contributed by atoms with Gasteiger partial charge in [-0.05, 0) is 247 Å². The van der Waals surface area contributed by atoms with Crippen molar-refractivity contribution in [2.45, 2.75) is 118 Å². The summed E-state index contributed by atoms with van der Waals surface area (Å²) in [6, 6.07) is 35.7. The van der Waals surface area contributed by atoms with Gasteiger partial charge in [0.2, 0.25) is 5.91 Å². The van der Waals surface area contributed by atoms with E-state index in [9.17, 15) is 89.4 Å². The molecule has 0 aliphatic carbocycles. The van der Waals surface area contributed by atoms with Crippen LogP contribution < -0.4 is 10.6 Å². The van der Waals surface area contributed by atoms with Crippen molar-refractivity contribution in [1.82, 2.24) is 34.2 Å². The molecule has 32 heteroatoms. The molecular formula is C84H82BrClF16N7O7+. The number of esters is 2. The molecule has 7 heterocycles. The Morgan fingerprint density at radius 1 is 0.526 bits per heavy atom. The number of ether oxygens (including phenoxy) is 2. The summed E-state index contributed by atoms with van der Waals surface area (Å²) in [7, 11) is 0. The lowest BCUT2D eigenvalue weighted by atomic mass is 10.0. The minimum absolute atomic E-state index is 0. The normalized spacial score (nSPS) is 13.5. The van der Waals surface area contributed by atoms with Crippen molar-refractivity contribution in [2.75, 3.05) is 26.2 Å². The van der Waals surface area contributed by atoms with Gasteiger partial charge in [0.25, 0.3) is 11.8 Å². The van der Waals surface area contributed by atoms with E-state index in [0.717, 1.165) is 65.6 Å². The van der Waals surface area contributed by atoms with E-state index >= 15 is 0 Å². The topological polar surface area (TPSA) is 165 Å². The fourth-order valence-electron chi connectivity index (χ4n) is 10.4. The van der Waals surface area contributed by atoms with Crippen molar-refractivity contribution in [3.63, 3.8) is 0 Å². The number of nitrogens with zero attached hydrogens (tertiary/aromatic N) is 4. The number of terminal acetylenes is 1. The number of nitrogens with one attached hydrogen (secondary N) is 3. The Labute approximate surface area is 674 Å². The number of alkyl halides is 16. The number of rotatable bonds is 12. The smallest absolute Gasteiger partial charge is 0.416 e. The van der Waals surface area contributed by atoms with E-state index in [0.29, 0.717) is 60.5 Å². The fraction of sp³-hybridized carbons (Fsp3) is 0.262. The number of benzene rings is 5. The highest BCUT2D eigenvalue weighted by Gasteiger charge is 2.46. The number of carboxylic acid groups (broad SMARTS) is 1. The number of allylic oxidation sites excluding steroid dienone is 2. The molecule has 12 rings (SSSR count). The van der Waals surface area contributed by atoms with Crippen LogP contribution in [0.2, 0.25) is 0 Å². The highest BCUT2D eigenvalue weighted by Crippen LogP contribution is 2.38. The van der Waals surface area contributed by atoms with Crippen LogP contribution in [-0.4, -0.2) is 103 Å². The van der Waals surface area contributed by atoms with Crippen LogP contribution in [0, 0.1) is 60.1 Å². The zero-order chi connectivity index (χ0) is 86.0. The van der Waals surface area contributed by atoms with Gasteiger partial charge in [0.1, 0.15) is 18.4 Å². The largest absolute Gasteiger partial charge is 0.478 e. The Hall–Kier alpha value is -11.3. The minimum atomic E-state index is -4.47. The molecule has 1 amide bonds. The molecule has 5 aromatic carbocycles. The van der Waals surface area contributed by atoms with Crippen LogP contribution in [0.5, 0.6) is 0 Å². The third-order valence-electron chi connectivity index (χ3n) is 15.2. The number of hydrogen-bond donors (Lipinski definition) is 4. The molecule has 4 aromatic heterocycles. The van der Waals surface area contributed by atoms with Crippen molar-refractivity contribution in [1.29, 1.82) is 0 Å². The Morgan fingerprint density at radius 3 is 1.21 bits per heavy atom. The lowest BCUT2D eigenvalue weighted by molar-refractivity contribution is -0.160.